The van der Waals surface area contributed by atoms with Gasteiger partial charge in [-0.25, -0.2) is 0 Å². The number of aliphatic carboxylic acids is 1. The van der Waals surface area contributed by atoms with E-state index in [1.54, 1.807) is 13.8 Å². The summed E-state index contributed by atoms with van der Waals surface area (Å²) >= 11 is 0. The van der Waals surface area contributed by atoms with Crippen molar-refractivity contribution in [2.75, 3.05) is 39.3 Å². The number of ketones is 1. The summed E-state index contributed by atoms with van der Waals surface area (Å²) in [5.74, 6) is -0.00233. The Hall–Kier alpha value is -2.90. The highest BCUT2D eigenvalue weighted by molar-refractivity contribution is 5.95. The number of Topliss-reactive ketones (excluding diaryl/α,β-unsaturated/α-hetero) is 1. The Morgan fingerprint density at radius 1 is 0.735 bits per heavy atom. The number of likely N-dealkylation sites (tertiary alicyclic amines) is 3. The van der Waals surface area contributed by atoms with Gasteiger partial charge >= 0.3 is 12.1 Å². The zero-order chi connectivity index (χ0) is 37.1. The molecule has 0 bridgehead atoms. The Morgan fingerprint density at radius 3 is 1.45 bits per heavy atom. The highest BCUT2D eigenvalue weighted by Crippen LogP contribution is 2.33. The van der Waals surface area contributed by atoms with Crippen molar-refractivity contribution < 1.29 is 38.1 Å². The van der Waals surface area contributed by atoms with Crippen LogP contribution in [0.2, 0.25) is 0 Å². The molecule has 10 nitrogen and oxygen atoms in total. The molecule has 4 rings (SSSR count). The molecular weight excluding hydrogens is 639 g/mol. The quantitative estimate of drug-likeness (QED) is 0.185. The molecule has 3 fully saturated rings. The van der Waals surface area contributed by atoms with E-state index >= 15 is 0 Å². The molecule has 1 unspecified atom stereocenters. The second-order valence-corrected chi connectivity index (χ2v) is 14.0. The van der Waals surface area contributed by atoms with E-state index in [0.717, 1.165) is 76.3 Å². The summed E-state index contributed by atoms with van der Waals surface area (Å²) in [4.78, 5) is 28.5. The molecule has 3 aliphatic heterocycles. The topological polar surface area (TPSA) is 122 Å². The third-order valence-corrected chi connectivity index (χ3v) is 9.07. The molecule has 0 aliphatic carbocycles. The predicted molar refractivity (Wildman–Crippen MR) is 190 cm³/mol. The molecule has 49 heavy (non-hydrogen) atoms. The molecule has 0 amide bonds. The number of piperidine rings is 1. The molecule has 0 spiro atoms. The van der Waals surface area contributed by atoms with Gasteiger partial charge < -0.3 is 25.1 Å². The number of hydrogen-bond acceptors (Lipinski definition) is 8. The molecule has 3 saturated heterocycles. The fourth-order valence-electron chi connectivity index (χ4n) is 5.65. The number of aliphatic hydroxyl groups excluding tert-OH is 2. The lowest BCUT2D eigenvalue weighted by molar-refractivity contribution is -0.145. The first-order valence-corrected chi connectivity index (χ1v) is 16.9. The van der Waals surface area contributed by atoms with Gasteiger partial charge in [-0.3, -0.25) is 19.2 Å². The van der Waals surface area contributed by atoms with Crippen molar-refractivity contribution in [3.05, 3.63) is 42.1 Å². The number of carboxylic acid groups (broad SMARTS) is 1. The van der Waals surface area contributed by atoms with E-state index in [0.29, 0.717) is 41.5 Å². The summed E-state index contributed by atoms with van der Waals surface area (Å²) in [6, 6.07) is 1.29. The number of aliphatic hydroxyl groups is 2. The number of hydrogen-bond donors (Lipinski definition) is 3. The second kappa shape index (κ2) is 20.7. The minimum absolute atomic E-state index is 0. The number of carbonyl (C=O) groups is 2. The van der Waals surface area contributed by atoms with Gasteiger partial charge in [0.25, 0.3) is 0 Å². The summed E-state index contributed by atoms with van der Waals surface area (Å²) in [5.41, 5.74) is -1.35. The van der Waals surface area contributed by atoms with E-state index in [2.05, 4.69) is 74.5 Å². The van der Waals surface area contributed by atoms with Crippen LogP contribution < -0.4 is 0 Å². The number of allylic oxidation sites excluding steroid dienone is 1. The predicted octanol–water partition coefficient (Wildman–Crippen LogP) is 7.70. The van der Waals surface area contributed by atoms with Crippen LogP contribution in [-0.2, 0) is 11.0 Å². The molecule has 0 aromatic carbocycles. The summed E-state index contributed by atoms with van der Waals surface area (Å²) in [7, 11) is 0. The number of rotatable bonds is 8. The third-order valence-electron chi connectivity index (χ3n) is 9.07. The Bertz CT molecular complexity index is 1180. The van der Waals surface area contributed by atoms with Crippen molar-refractivity contribution in [2.45, 2.75) is 119 Å². The van der Waals surface area contributed by atoms with Crippen LogP contribution in [0.25, 0.3) is 0 Å². The number of halogens is 3. The van der Waals surface area contributed by atoms with E-state index < -0.39 is 29.7 Å². The van der Waals surface area contributed by atoms with E-state index in [9.17, 15) is 27.9 Å². The van der Waals surface area contributed by atoms with Crippen molar-refractivity contribution in [1.82, 2.24) is 24.5 Å². The van der Waals surface area contributed by atoms with Crippen molar-refractivity contribution in [2.24, 2.45) is 17.8 Å². The molecule has 284 valence electrons. The Labute approximate surface area is 292 Å². The van der Waals surface area contributed by atoms with Gasteiger partial charge in [0.1, 0.15) is 0 Å². The van der Waals surface area contributed by atoms with Crippen molar-refractivity contribution in [3.63, 3.8) is 0 Å². The summed E-state index contributed by atoms with van der Waals surface area (Å²) in [6.45, 7) is 30.1. The molecular formula is C36H64F3N5O5. The van der Waals surface area contributed by atoms with Crippen LogP contribution in [0.5, 0.6) is 0 Å². The van der Waals surface area contributed by atoms with Crippen LogP contribution in [0.15, 0.2) is 30.9 Å². The van der Waals surface area contributed by atoms with E-state index in [-0.39, 0.29) is 18.9 Å². The Balaban J connectivity index is 0.000000629. The first-order chi connectivity index (χ1) is 22.1. The first kappa shape index (κ1) is 46.1. The lowest BCUT2D eigenvalue weighted by Crippen LogP contribution is -2.50. The number of carbonyl (C=O) groups excluding carboxylic acids is 1. The van der Waals surface area contributed by atoms with Gasteiger partial charge in [-0.1, -0.05) is 20.6 Å². The summed E-state index contributed by atoms with van der Waals surface area (Å²) in [5, 5.41) is 30.4. The third kappa shape index (κ3) is 14.9. The zero-order valence-electron chi connectivity index (χ0n) is 30.4. The fourth-order valence-corrected chi connectivity index (χ4v) is 5.65. The highest BCUT2D eigenvalue weighted by Gasteiger charge is 2.39. The number of alkyl halides is 3. The summed E-state index contributed by atoms with van der Waals surface area (Å²) < 4.78 is 38.8. The maximum absolute atomic E-state index is 12.6. The van der Waals surface area contributed by atoms with E-state index in [1.807, 2.05) is 0 Å². The molecule has 3 aliphatic rings. The van der Waals surface area contributed by atoms with Crippen LogP contribution in [-0.4, -0.2) is 109 Å². The largest absolute Gasteiger partial charge is 0.513 e. The molecule has 1 atom stereocenters. The van der Waals surface area contributed by atoms with Crippen molar-refractivity contribution >= 4 is 11.8 Å². The Kier molecular flexibility index (Phi) is 19.5. The van der Waals surface area contributed by atoms with Gasteiger partial charge in [-0.15, -0.1) is 0 Å². The van der Waals surface area contributed by atoms with Gasteiger partial charge in [-0.2, -0.15) is 18.3 Å². The second-order valence-electron chi connectivity index (χ2n) is 14.0. The van der Waals surface area contributed by atoms with Gasteiger partial charge in [0.2, 0.25) is 0 Å². The van der Waals surface area contributed by atoms with Gasteiger partial charge in [0, 0.05) is 55.6 Å². The lowest BCUT2D eigenvalue weighted by Gasteiger charge is -2.41. The monoisotopic (exact) mass is 703 g/mol. The number of carboxylic acids is 1. The van der Waals surface area contributed by atoms with Gasteiger partial charge in [0.05, 0.1) is 29.2 Å². The van der Waals surface area contributed by atoms with Gasteiger partial charge in [0.15, 0.2) is 11.5 Å². The number of aromatic nitrogens is 2. The van der Waals surface area contributed by atoms with Crippen LogP contribution in [0.3, 0.4) is 0 Å². The van der Waals surface area contributed by atoms with Gasteiger partial charge in [-0.05, 0) is 101 Å². The fraction of sp³-hybridized carbons (Fsp3) is 0.750. The van der Waals surface area contributed by atoms with Crippen LogP contribution >= 0.6 is 0 Å². The minimum Gasteiger partial charge on any atom is -0.513 e. The molecule has 0 radical (unpaired) electrons. The molecule has 1 aromatic heterocycles. The average Bonchev–Trinajstić information content (AvgIpc) is 3.62. The summed E-state index contributed by atoms with van der Waals surface area (Å²) in [6.07, 6.45) is -0.651. The maximum Gasteiger partial charge on any atom is 0.433 e. The molecule has 13 heteroatoms. The standard InChI is InChI=1S/C10H19NO.C9H11F3N2O.C8H15NO2.C8H15NO.CH4/c1-8(2)11-6-4-10(5-7-11)9(3)12;1-5(2)14-8(9(10,11)12)7(4-13-14)6(3)15;1-6(2)9-4-3-7(5-9)8(10)11;1-6(2)9-4-8(5-9)7(3)10;/h8,10,12H,3-7H2,1-2H3;4-5H,1-3H3;6-7H,3-5H2,1-2H3,(H,10,11);6,8,10H,3-5H2,1-2H3;1H4. The normalized spacial score (nSPS) is 19.2. The molecule has 3 N–H and O–H groups in total. The first-order valence-electron chi connectivity index (χ1n) is 16.9. The lowest BCUT2D eigenvalue weighted by atomic mass is 9.95. The van der Waals surface area contributed by atoms with Crippen molar-refractivity contribution in [1.29, 1.82) is 0 Å². The smallest absolute Gasteiger partial charge is 0.433 e. The average molecular weight is 704 g/mol. The maximum atomic E-state index is 12.6. The number of nitrogens with zero attached hydrogens (tertiary/aromatic N) is 5. The van der Waals surface area contributed by atoms with E-state index in [4.69, 9.17) is 10.2 Å². The van der Waals surface area contributed by atoms with E-state index in [1.165, 1.54) is 0 Å². The minimum atomic E-state index is -4.55. The zero-order valence-corrected chi connectivity index (χ0v) is 30.4. The SMILES string of the molecule is C.C=C(O)C1CCN(C(C)C)CC1.C=C(O)C1CN(C(C)C)C1.CC(=O)c1cnn(C(C)C)c1C(F)(F)F.CC(C)N1CCC(C(=O)O)C1. The van der Waals surface area contributed by atoms with Crippen molar-refractivity contribution in [3.8, 4) is 0 Å². The highest BCUT2D eigenvalue weighted by atomic mass is 19.4. The van der Waals surface area contributed by atoms with Crippen LogP contribution in [0.4, 0.5) is 13.2 Å². The Morgan fingerprint density at radius 2 is 1.14 bits per heavy atom. The molecule has 0 saturated carbocycles. The van der Waals surface area contributed by atoms with Crippen LogP contribution in [0.1, 0.15) is 111 Å². The molecule has 4 heterocycles. The molecule has 1 aromatic rings. The van der Waals surface area contributed by atoms with Crippen LogP contribution in [0, 0.1) is 17.8 Å².